The first-order valence-electron chi connectivity index (χ1n) is 9.19. The van der Waals surface area contributed by atoms with Crippen LogP contribution in [0.15, 0.2) is 29.2 Å². The molecule has 138 valence electrons. The van der Waals surface area contributed by atoms with E-state index in [9.17, 15) is 13.2 Å². The molecule has 2 saturated heterocycles. The molecular formula is C18H27N3O3S. The highest BCUT2D eigenvalue weighted by Crippen LogP contribution is 2.22. The van der Waals surface area contributed by atoms with Gasteiger partial charge in [0.15, 0.2) is 0 Å². The summed E-state index contributed by atoms with van der Waals surface area (Å²) in [5, 5.41) is 0. The number of benzene rings is 1. The Kier molecular flexibility index (Phi) is 6.09. The molecule has 1 amide bonds. The second kappa shape index (κ2) is 8.29. The van der Waals surface area contributed by atoms with E-state index in [1.807, 2.05) is 0 Å². The Morgan fingerprint density at radius 2 is 1.60 bits per heavy atom. The lowest BCUT2D eigenvalue weighted by atomic mass is 10.2. The molecule has 1 N–H and O–H groups in total. The number of nitrogens with one attached hydrogen (secondary N) is 1. The van der Waals surface area contributed by atoms with Gasteiger partial charge in [-0.2, -0.15) is 0 Å². The van der Waals surface area contributed by atoms with E-state index in [0.29, 0.717) is 19.5 Å². The van der Waals surface area contributed by atoms with Crippen LogP contribution >= 0.6 is 0 Å². The van der Waals surface area contributed by atoms with Gasteiger partial charge in [0.05, 0.1) is 4.90 Å². The molecule has 7 heteroatoms. The minimum Gasteiger partial charge on any atom is -0.312 e. The van der Waals surface area contributed by atoms with E-state index in [2.05, 4.69) is 9.62 Å². The van der Waals surface area contributed by atoms with Gasteiger partial charge in [0.1, 0.15) is 0 Å². The van der Waals surface area contributed by atoms with Crippen LogP contribution in [0.2, 0.25) is 0 Å². The van der Waals surface area contributed by atoms with Gasteiger partial charge in [-0.15, -0.1) is 0 Å². The van der Waals surface area contributed by atoms with Crippen molar-refractivity contribution in [1.29, 1.82) is 0 Å². The van der Waals surface area contributed by atoms with Crippen LogP contribution in [0.3, 0.4) is 0 Å². The van der Waals surface area contributed by atoms with Crippen LogP contribution in [0.1, 0.15) is 38.5 Å². The fraction of sp³-hybridized carbons (Fsp3) is 0.611. The van der Waals surface area contributed by atoms with Crippen molar-refractivity contribution < 1.29 is 13.2 Å². The van der Waals surface area contributed by atoms with E-state index in [4.69, 9.17) is 0 Å². The molecule has 0 atom stereocenters. The molecule has 2 aliphatic heterocycles. The van der Waals surface area contributed by atoms with E-state index in [0.717, 1.165) is 31.7 Å². The van der Waals surface area contributed by atoms with Crippen LogP contribution in [0, 0.1) is 0 Å². The molecular weight excluding hydrogens is 338 g/mol. The molecule has 0 aliphatic carbocycles. The zero-order valence-electron chi connectivity index (χ0n) is 14.6. The molecule has 0 radical (unpaired) electrons. The third-order valence-corrected chi connectivity index (χ3v) is 6.43. The summed E-state index contributed by atoms with van der Waals surface area (Å²) in [4.78, 5) is 16.1. The van der Waals surface area contributed by atoms with Gasteiger partial charge >= 0.3 is 0 Å². The van der Waals surface area contributed by atoms with Crippen LogP contribution in [-0.4, -0.2) is 51.9 Å². The molecule has 0 aromatic heterocycles. The first kappa shape index (κ1) is 18.4. The Hall–Kier alpha value is -1.44. The standard InChI is InChI=1S/C18H27N3O3S/c22-18-6-5-14-21(18)16-7-9-17(10-8-16)25(23,24)19-11-15-20-12-3-1-2-4-13-20/h7-10,19H,1-6,11-15H2. The van der Waals surface area contributed by atoms with Gasteiger partial charge in [0.2, 0.25) is 15.9 Å². The van der Waals surface area contributed by atoms with Crippen LogP contribution in [0.4, 0.5) is 5.69 Å². The summed E-state index contributed by atoms with van der Waals surface area (Å²) >= 11 is 0. The van der Waals surface area contributed by atoms with Crippen molar-refractivity contribution in [3.05, 3.63) is 24.3 Å². The second-order valence-electron chi connectivity index (χ2n) is 6.80. The Morgan fingerprint density at radius 3 is 2.20 bits per heavy atom. The lowest BCUT2D eigenvalue weighted by Gasteiger charge is -2.20. The summed E-state index contributed by atoms with van der Waals surface area (Å²) in [5.41, 5.74) is 0.769. The topological polar surface area (TPSA) is 69.7 Å². The Labute approximate surface area is 150 Å². The molecule has 2 heterocycles. The summed E-state index contributed by atoms with van der Waals surface area (Å²) in [7, 11) is -3.50. The second-order valence-corrected chi connectivity index (χ2v) is 8.56. The first-order valence-corrected chi connectivity index (χ1v) is 10.7. The Balaban J connectivity index is 1.55. The highest BCUT2D eigenvalue weighted by molar-refractivity contribution is 7.89. The van der Waals surface area contributed by atoms with Gasteiger partial charge in [0, 0.05) is 31.7 Å². The van der Waals surface area contributed by atoms with E-state index in [1.54, 1.807) is 29.2 Å². The van der Waals surface area contributed by atoms with Crippen LogP contribution in [-0.2, 0) is 14.8 Å². The van der Waals surface area contributed by atoms with Gasteiger partial charge in [-0.1, -0.05) is 12.8 Å². The summed E-state index contributed by atoms with van der Waals surface area (Å²) in [6.07, 6.45) is 6.37. The van der Waals surface area contributed by atoms with Crippen molar-refractivity contribution in [3.63, 3.8) is 0 Å². The van der Waals surface area contributed by atoms with E-state index in [1.165, 1.54) is 25.7 Å². The van der Waals surface area contributed by atoms with Crippen molar-refractivity contribution in [2.45, 2.75) is 43.4 Å². The summed E-state index contributed by atoms with van der Waals surface area (Å²) in [5.74, 6) is 0.103. The average Bonchev–Trinajstić information content (AvgIpc) is 2.86. The van der Waals surface area contributed by atoms with Gasteiger partial charge in [-0.05, 0) is 56.6 Å². The molecule has 1 aromatic rings. The molecule has 6 nitrogen and oxygen atoms in total. The zero-order chi connectivity index (χ0) is 17.7. The van der Waals surface area contributed by atoms with E-state index < -0.39 is 10.0 Å². The van der Waals surface area contributed by atoms with Crippen LogP contribution < -0.4 is 9.62 Å². The SMILES string of the molecule is O=C1CCCN1c1ccc(S(=O)(=O)NCCN2CCCCCC2)cc1. The Bertz CT molecular complexity index is 680. The van der Waals surface area contributed by atoms with Crippen LogP contribution in [0.25, 0.3) is 0 Å². The predicted octanol–water partition coefficient (Wildman–Crippen LogP) is 1.97. The molecule has 25 heavy (non-hydrogen) atoms. The van der Waals surface area contributed by atoms with Crippen molar-refractivity contribution in [2.24, 2.45) is 0 Å². The zero-order valence-corrected chi connectivity index (χ0v) is 15.4. The number of hydrogen-bond donors (Lipinski definition) is 1. The predicted molar refractivity (Wildman–Crippen MR) is 98.1 cm³/mol. The number of carbonyl (C=O) groups is 1. The maximum absolute atomic E-state index is 12.4. The molecule has 0 saturated carbocycles. The molecule has 0 spiro atoms. The number of sulfonamides is 1. The molecule has 1 aromatic carbocycles. The van der Waals surface area contributed by atoms with Crippen LogP contribution in [0.5, 0.6) is 0 Å². The molecule has 2 fully saturated rings. The number of likely N-dealkylation sites (tertiary alicyclic amines) is 1. The average molecular weight is 365 g/mol. The van der Waals surface area contributed by atoms with Gasteiger partial charge in [-0.25, -0.2) is 13.1 Å². The summed E-state index contributed by atoms with van der Waals surface area (Å²) in [6, 6.07) is 6.59. The fourth-order valence-electron chi connectivity index (χ4n) is 3.51. The maximum atomic E-state index is 12.4. The number of carbonyl (C=O) groups excluding carboxylic acids is 1. The Morgan fingerprint density at radius 1 is 0.920 bits per heavy atom. The largest absolute Gasteiger partial charge is 0.312 e. The number of nitrogens with zero attached hydrogens (tertiary/aromatic N) is 2. The first-order chi connectivity index (χ1) is 12.1. The monoisotopic (exact) mass is 365 g/mol. The van der Waals surface area contributed by atoms with Gasteiger partial charge in [0.25, 0.3) is 0 Å². The highest BCUT2D eigenvalue weighted by Gasteiger charge is 2.22. The smallest absolute Gasteiger partial charge is 0.240 e. The number of anilines is 1. The fourth-order valence-corrected chi connectivity index (χ4v) is 4.53. The quantitative estimate of drug-likeness (QED) is 0.837. The van der Waals surface area contributed by atoms with Gasteiger partial charge < -0.3 is 9.80 Å². The molecule has 0 bridgehead atoms. The molecule has 2 aliphatic rings. The van der Waals surface area contributed by atoms with Crippen molar-refractivity contribution >= 4 is 21.6 Å². The number of rotatable bonds is 6. The number of hydrogen-bond acceptors (Lipinski definition) is 4. The van der Waals surface area contributed by atoms with E-state index >= 15 is 0 Å². The minimum absolute atomic E-state index is 0.103. The van der Waals surface area contributed by atoms with E-state index in [-0.39, 0.29) is 10.8 Å². The third kappa shape index (κ3) is 4.80. The lowest BCUT2D eigenvalue weighted by Crippen LogP contribution is -2.35. The van der Waals surface area contributed by atoms with Crippen molar-refractivity contribution in [3.8, 4) is 0 Å². The van der Waals surface area contributed by atoms with Crippen molar-refractivity contribution in [2.75, 3.05) is 37.6 Å². The van der Waals surface area contributed by atoms with Crippen molar-refractivity contribution in [1.82, 2.24) is 9.62 Å². The summed E-state index contributed by atoms with van der Waals surface area (Å²) in [6.45, 7) is 3.99. The highest BCUT2D eigenvalue weighted by atomic mass is 32.2. The third-order valence-electron chi connectivity index (χ3n) is 4.95. The number of amides is 1. The minimum atomic E-state index is -3.50. The van der Waals surface area contributed by atoms with Gasteiger partial charge in [-0.3, -0.25) is 4.79 Å². The maximum Gasteiger partial charge on any atom is 0.240 e. The summed E-state index contributed by atoms with van der Waals surface area (Å²) < 4.78 is 27.5. The molecule has 3 rings (SSSR count). The lowest BCUT2D eigenvalue weighted by molar-refractivity contribution is -0.117. The molecule has 0 unspecified atom stereocenters. The normalized spacial score (nSPS) is 20.0.